The second-order valence-electron chi connectivity index (χ2n) is 8.75. The number of carbonyl (C=O) groups excluding carboxylic acids is 1. The van der Waals surface area contributed by atoms with Gasteiger partial charge in [0.15, 0.2) is 6.61 Å². The van der Waals surface area contributed by atoms with E-state index in [0.717, 1.165) is 11.1 Å². The first kappa shape index (κ1) is 23.8. The fourth-order valence-corrected chi connectivity index (χ4v) is 3.57. The second kappa shape index (κ2) is 8.58. The number of halogens is 3. The highest BCUT2D eigenvalue weighted by Gasteiger charge is 2.63. The van der Waals surface area contributed by atoms with Crippen LogP contribution in [-0.4, -0.2) is 40.2 Å². The van der Waals surface area contributed by atoms with Crippen molar-refractivity contribution in [2.45, 2.75) is 51.4 Å². The van der Waals surface area contributed by atoms with Gasteiger partial charge >= 0.3 is 6.18 Å². The summed E-state index contributed by atoms with van der Waals surface area (Å²) < 4.78 is 45.9. The molecule has 3 rings (SSSR count). The number of hydrazone groups is 1. The summed E-state index contributed by atoms with van der Waals surface area (Å²) in [5, 5.41) is 14.1. The van der Waals surface area contributed by atoms with Crippen molar-refractivity contribution in [3.8, 4) is 5.75 Å². The van der Waals surface area contributed by atoms with Crippen LogP contribution in [0.5, 0.6) is 5.75 Å². The SMILES string of the molecule is CC(C)C1=NN(C(=O)COc2ccc(C(C)(C)c3ccccc3)cc2)[C@@](O)(C(F)(F)F)C1. The van der Waals surface area contributed by atoms with Gasteiger partial charge in [0.25, 0.3) is 11.6 Å². The first-order valence-corrected chi connectivity index (χ1v) is 10.3. The molecule has 0 saturated carbocycles. The standard InChI is InChI=1S/C24H27F3N2O3/c1-16(2)20-14-23(31,24(25,26)27)29(28-20)21(30)15-32-19-12-10-18(11-13-19)22(3,4)17-8-6-5-7-9-17/h5-13,16,31H,14-15H2,1-4H3/t23-/m0/s1. The van der Waals surface area contributed by atoms with Gasteiger partial charge in [0.1, 0.15) is 5.75 Å². The molecule has 0 aromatic heterocycles. The van der Waals surface area contributed by atoms with Gasteiger partial charge in [-0.05, 0) is 29.2 Å². The quantitative estimate of drug-likeness (QED) is 0.685. The van der Waals surface area contributed by atoms with Crippen LogP contribution in [-0.2, 0) is 10.2 Å². The number of benzene rings is 2. The van der Waals surface area contributed by atoms with E-state index in [0.29, 0.717) is 5.75 Å². The van der Waals surface area contributed by atoms with E-state index in [1.54, 1.807) is 26.0 Å². The summed E-state index contributed by atoms with van der Waals surface area (Å²) in [4.78, 5) is 12.5. The number of hydrogen-bond donors (Lipinski definition) is 1. The summed E-state index contributed by atoms with van der Waals surface area (Å²) in [7, 11) is 0. The normalized spacial score (nSPS) is 19.3. The van der Waals surface area contributed by atoms with Crippen molar-refractivity contribution >= 4 is 11.6 Å². The zero-order chi connectivity index (χ0) is 23.7. The number of carbonyl (C=O) groups is 1. The molecular formula is C24H27F3N2O3. The van der Waals surface area contributed by atoms with Crippen molar-refractivity contribution in [2.24, 2.45) is 11.0 Å². The molecule has 2 aromatic rings. The maximum absolute atomic E-state index is 13.5. The minimum Gasteiger partial charge on any atom is -0.484 e. The van der Waals surface area contributed by atoms with Gasteiger partial charge in [0, 0.05) is 17.5 Å². The maximum Gasteiger partial charge on any atom is 0.438 e. The van der Waals surface area contributed by atoms with Crippen LogP contribution < -0.4 is 4.74 Å². The van der Waals surface area contributed by atoms with Gasteiger partial charge in [0.05, 0.1) is 0 Å². The van der Waals surface area contributed by atoms with Gasteiger partial charge in [0.2, 0.25) is 0 Å². The third-order valence-corrected chi connectivity index (χ3v) is 5.80. The van der Waals surface area contributed by atoms with Gasteiger partial charge in [-0.3, -0.25) is 4.79 Å². The molecule has 32 heavy (non-hydrogen) atoms. The fraction of sp³-hybridized carbons (Fsp3) is 0.417. The molecule has 8 heteroatoms. The Morgan fingerprint density at radius 3 is 2.19 bits per heavy atom. The molecule has 0 bridgehead atoms. The lowest BCUT2D eigenvalue weighted by Gasteiger charge is -2.32. The molecule has 0 unspecified atom stereocenters. The van der Waals surface area contributed by atoms with Crippen LogP contribution in [0.4, 0.5) is 13.2 Å². The highest BCUT2D eigenvalue weighted by Crippen LogP contribution is 2.41. The van der Waals surface area contributed by atoms with Gasteiger partial charge in [-0.1, -0.05) is 70.2 Å². The average Bonchev–Trinajstić information content (AvgIpc) is 3.12. The van der Waals surface area contributed by atoms with Crippen LogP contribution in [0.1, 0.15) is 45.2 Å². The molecule has 1 N–H and O–H groups in total. The van der Waals surface area contributed by atoms with Crippen molar-refractivity contribution in [1.29, 1.82) is 0 Å². The lowest BCUT2D eigenvalue weighted by molar-refractivity contribution is -0.302. The van der Waals surface area contributed by atoms with Crippen molar-refractivity contribution in [1.82, 2.24) is 5.01 Å². The van der Waals surface area contributed by atoms with Gasteiger partial charge < -0.3 is 9.84 Å². The minimum atomic E-state index is -5.05. The summed E-state index contributed by atoms with van der Waals surface area (Å²) in [5.41, 5.74) is -1.39. The van der Waals surface area contributed by atoms with E-state index in [1.807, 2.05) is 42.5 Å². The van der Waals surface area contributed by atoms with Gasteiger partial charge in [-0.25, -0.2) is 0 Å². The Bertz CT molecular complexity index is 986. The van der Waals surface area contributed by atoms with Gasteiger partial charge in [-0.15, -0.1) is 0 Å². The van der Waals surface area contributed by atoms with E-state index in [9.17, 15) is 23.1 Å². The lowest BCUT2D eigenvalue weighted by Crippen LogP contribution is -2.57. The molecule has 0 fully saturated rings. The highest BCUT2D eigenvalue weighted by atomic mass is 19.4. The average molecular weight is 448 g/mol. The largest absolute Gasteiger partial charge is 0.484 e. The summed E-state index contributed by atoms with van der Waals surface area (Å²) in [6, 6.07) is 17.0. The Balaban J connectivity index is 1.72. The lowest BCUT2D eigenvalue weighted by atomic mass is 9.78. The molecule has 1 heterocycles. The monoisotopic (exact) mass is 448 g/mol. The van der Waals surface area contributed by atoms with Crippen LogP contribution >= 0.6 is 0 Å². The molecule has 1 aliphatic rings. The molecule has 1 aliphatic heterocycles. The second-order valence-corrected chi connectivity index (χ2v) is 8.75. The Morgan fingerprint density at radius 1 is 1.09 bits per heavy atom. The smallest absolute Gasteiger partial charge is 0.438 e. The molecule has 0 saturated heterocycles. The van der Waals surface area contributed by atoms with Gasteiger partial charge in [-0.2, -0.15) is 23.3 Å². The number of rotatable bonds is 6. The molecular weight excluding hydrogens is 421 g/mol. The topological polar surface area (TPSA) is 62.1 Å². The highest BCUT2D eigenvalue weighted by molar-refractivity contribution is 5.92. The van der Waals surface area contributed by atoms with E-state index in [2.05, 4.69) is 18.9 Å². The number of hydrogen-bond acceptors (Lipinski definition) is 4. The zero-order valence-corrected chi connectivity index (χ0v) is 18.5. The Hall–Kier alpha value is -2.87. The Kier molecular flexibility index (Phi) is 6.38. The summed E-state index contributed by atoms with van der Waals surface area (Å²) >= 11 is 0. The summed E-state index contributed by atoms with van der Waals surface area (Å²) in [6.07, 6.45) is -5.82. The van der Waals surface area contributed by atoms with Crippen LogP contribution in [0.3, 0.4) is 0 Å². The Morgan fingerprint density at radius 2 is 1.66 bits per heavy atom. The first-order chi connectivity index (χ1) is 14.9. The predicted octanol–water partition coefficient (Wildman–Crippen LogP) is 4.89. The van der Waals surface area contributed by atoms with Crippen molar-refractivity contribution in [2.75, 3.05) is 6.61 Å². The van der Waals surface area contributed by atoms with E-state index in [1.165, 1.54) is 0 Å². The number of alkyl halides is 3. The van der Waals surface area contributed by atoms with Crippen molar-refractivity contribution in [3.05, 3.63) is 65.7 Å². The van der Waals surface area contributed by atoms with Crippen molar-refractivity contribution < 1.29 is 27.8 Å². The van der Waals surface area contributed by atoms with Crippen LogP contribution in [0.15, 0.2) is 59.7 Å². The molecule has 1 atom stereocenters. The van der Waals surface area contributed by atoms with Crippen LogP contribution in [0.2, 0.25) is 0 Å². The van der Waals surface area contributed by atoms with Crippen LogP contribution in [0.25, 0.3) is 0 Å². The number of aliphatic hydroxyl groups is 1. The number of ether oxygens (including phenoxy) is 1. The van der Waals surface area contributed by atoms with E-state index in [4.69, 9.17) is 4.74 Å². The maximum atomic E-state index is 13.5. The third-order valence-electron chi connectivity index (χ3n) is 5.80. The van der Waals surface area contributed by atoms with E-state index >= 15 is 0 Å². The van der Waals surface area contributed by atoms with E-state index < -0.39 is 30.8 Å². The van der Waals surface area contributed by atoms with Crippen LogP contribution in [0, 0.1) is 5.92 Å². The van der Waals surface area contributed by atoms with E-state index in [-0.39, 0.29) is 22.1 Å². The molecule has 0 radical (unpaired) electrons. The fourth-order valence-electron chi connectivity index (χ4n) is 3.57. The number of nitrogens with zero attached hydrogens (tertiary/aromatic N) is 2. The molecule has 0 spiro atoms. The molecule has 172 valence electrons. The first-order valence-electron chi connectivity index (χ1n) is 10.3. The number of amides is 1. The molecule has 2 aromatic carbocycles. The molecule has 1 amide bonds. The zero-order valence-electron chi connectivity index (χ0n) is 18.5. The summed E-state index contributed by atoms with van der Waals surface area (Å²) in [5.74, 6) is -1.09. The van der Waals surface area contributed by atoms with Crippen molar-refractivity contribution in [3.63, 3.8) is 0 Å². The minimum absolute atomic E-state index is 0.102. The molecule has 0 aliphatic carbocycles. The third kappa shape index (κ3) is 4.50. The predicted molar refractivity (Wildman–Crippen MR) is 115 cm³/mol. The molecule has 5 nitrogen and oxygen atoms in total. The Labute approximate surface area is 185 Å². The summed E-state index contributed by atoms with van der Waals surface area (Å²) in [6.45, 7) is 6.78.